The fourth-order valence-corrected chi connectivity index (χ4v) is 1.31. The number of aromatic nitrogens is 3. The minimum absolute atomic E-state index is 0.0299. The number of carbonyl (C=O) groups excluding carboxylic acids is 1. The molecule has 17 heavy (non-hydrogen) atoms. The van der Waals surface area contributed by atoms with Crippen molar-refractivity contribution in [3.63, 3.8) is 0 Å². The van der Waals surface area contributed by atoms with E-state index in [1.807, 2.05) is 0 Å². The van der Waals surface area contributed by atoms with Gasteiger partial charge in [-0.15, -0.1) is 0 Å². The first-order chi connectivity index (χ1) is 8.16. The molecule has 2 aromatic rings. The maximum atomic E-state index is 11.7. The van der Waals surface area contributed by atoms with Gasteiger partial charge in [-0.1, -0.05) is 0 Å². The Bertz CT molecular complexity index is 550. The third-order valence-electron chi connectivity index (χ3n) is 2.14. The van der Waals surface area contributed by atoms with E-state index in [4.69, 9.17) is 0 Å². The number of nitrogens with zero attached hydrogens (tertiary/aromatic N) is 4. The highest BCUT2D eigenvalue weighted by atomic mass is 16.6. The van der Waals surface area contributed by atoms with Crippen LogP contribution in [0.15, 0.2) is 36.9 Å². The maximum Gasteiger partial charge on any atom is 0.307 e. The second kappa shape index (κ2) is 4.52. The molecule has 0 saturated heterocycles. The summed E-state index contributed by atoms with van der Waals surface area (Å²) < 4.78 is 1.24. The lowest BCUT2D eigenvalue weighted by Crippen LogP contribution is -2.10. The molecular formula is C10H8N4O3. The molecule has 86 valence electrons. The van der Waals surface area contributed by atoms with Crippen molar-refractivity contribution in [1.29, 1.82) is 0 Å². The van der Waals surface area contributed by atoms with Crippen LogP contribution in [0.5, 0.6) is 0 Å². The van der Waals surface area contributed by atoms with Crippen molar-refractivity contribution < 1.29 is 9.72 Å². The summed E-state index contributed by atoms with van der Waals surface area (Å²) in [4.78, 5) is 25.4. The van der Waals surface area contributed by atoms with E-state index in [1.165, 1.54) is 23.3 Å². The molecule has 7 nitrogen and oxygen atoms in total. The van der Waals surface area contributed by atoms with Crippen LogP contribution in [-0.4, -0.2) is 25.5 Å². The second-order valence-electron chi connectivity index (χ2n) is 3.31. The molecule has 0 fully saturated rings. The smallest absolute Gasteiger partial charge is 0.292 e. The van der Waals surface area contributed by atoms with Gasteiger partial charge in [0, 0.05) is 18.0 Å². The van der Waals surface area contributed by atoms with Gasteiger partial charge in [-0.25, -0.2) is 0 Å². The van der Waals surface area contributed by atoms with Crippen molar-refractivity contribution in [2.24, 2.45) is 0 Å². The molecular weight excluding hydrogens is 224 g/mol. The van der Waals surface area contributed by atoms with Crippen molar-refractivity contribution in [3.05, 3.63) is 52.6 Å². The van der Waals surface area contributed by atoms with Gasteiger partial charge in [-0.2, -0.15) is 5.10 Å². The quantitative estimate of drug-likeness (QED) is 0.446. The highest BCUT2D eigenvalue weighted by Gasteiger charge is 2.12. The first-order valence-electron chi connectivity index (χ1n) is 4.77. The van der Waals surface area contributed by atoms with Crippen molar-refractivity contribution in [2.45, 2.75) is 6.54 Å². The number of nitro groups is 1. The van der Waals surface area contributed by atoms with Crippen molar-refractivity contribution in [1.82, 2.24) is 14.8 Å². The van der Waals surface area contributed by atoms with Gasteiger partial charge in [0.1, 0.15) is 18.9 Å². The molecule has 0 amide bonds. The lowest BCUT2D eigenvalue weighted by molar-refractivity contribution is -0.385. The number of Topliss-reactive ketones (excluding diaryl/α,β-unsaturated/α-hetero) is 1. The van der Waals surface area contributed by atoms with Gasteiger partial charge < -0.3 is 0 Å². The van der Waals surface area contributed by atoms with E-state index in [0.29, 0.717) is 5.56 Å². The molecule has 0 aliphatic heterocycles. The molecule has 0 atom stereocenters. The highest BCUT2D eigenvalue weighted by molar-refractivity contribution is 5.95. The molecule has 0 aliphatic carbocycles. The summed E-state index contributed by atoms with van der Waals surface area (Å²) >= 11 is 0. The molecule has 7 heteroatoms. The predicted molar refractivity (Wildman–Crippen MR) is 57.4 cm³/mol. The summed E-state index contributed by atoms with van der Waals surface area (Å²) in [5, 5.41) is 14.2. The van der Waals surface area contributed by atoms with Crippen LogP contribution in [0.3, 0.4) is 0 Å². The van der Waals surface area contributed by atoms with E-state index in [9.17, 15) is 14.9 Å². The number of carbonyl (C=O) groups is 1. The van der Waals surface area contributed by atoms with Crippen molar-refractivity contribution >= 4 is 11.5 Å². The van der Waals surface area contributed by atoms with Crippen LogP contribution in [0.4, 0.5) is 5.69 Å². The van der Waals surface area contributed by atoms with Gasteiger partial charge in [0.2, 0.25) is 0 Å². The number of ketones is 1. The first-order valence-corrected chi connectivity index (χ1v) is 4.77. The Balaban J connectivity index is 2.11. The average molecular weight is 232 g/mol. The number of pyridine rings is 1. The molecule has 0 radical (unpaired) electrons. The van der Waals surface area contributed by atoms with E-state index in [0.717, 1.165) is 6.20 Å². The van der Waals surface area contributed by atoms with Gasteiger partial charge in [0.05, 0.1) is 4.92 Å². The number of hydrogen-bond acceptors (Lipinski definition) is 5. The zero-order chi connectivity index (χ0) is 12.3. The van der Waals surface area contributed by atoms with Gasteiger partial charge in [0.25, 0.3) is 0 Å². The van der Waals surface area contributed by atoms with E-state index in [-0.39, 0.29) is 18.0 Å². The Morgan fingerprint density at radius 3 is 2.71 bits per heavy atom. The SMILES string of the molecule is O=C(Cn1cc([N+](=O)[O-])cn1)c1ccncc1. The highest BCUT2D eigenvalue weighted by Crippen LogP contribution is 2.08. The van der Waals surface area contributed by atoms with Gasteiger partial charge in [0.15, 0.2) is 5.78 Å². The third kappa shape index (κ3) is 2.51. The molecule has 2 rings (SSSR count). The fraction of sp³-hybridized carbons (Fsp3) is 0.100. The fourth-order valence-electron chi connectivity index (χ4n) is 1.31. The van der Waals surface area contributed by atoms with E-state index in [1.54, 1.807) is 12.1 Å². The zero-order valence-corrected chi connectivity index (χ0v) is 8.68. The Morgan fingerprint density at radius 2 is 2.12 bits per heavy atom. The molecule has 0 aromatic carbocycles. The summed E-state index contributed by atoms with van der Waals surface area (Å²) in [6, 6.07) is 3.17. The predicted octanol–water partition coefficient (Wildman–Crippen LogP) is 1.07. The maximum absolute atomic E-state index is 11.7. The molecule has 0 spiro atoms. The van der Waals surface area contributed by atoms with Crippen molar-refractivity contribution in [2.75, 3.05) is 0 Å². The second-order valence-corrected chi connectivity index (χ2v) is 3.31. The minimum atomic E-state index is -0.555. The summed E-state index contributed by atoms with van der Waals surface area (Å²) in [5.41, 5.74) is 0.366. The molecule has 0 unspecified atom stereocenters. The number of hydrogen-bond donors (Lipinski definition) is 0. The van der Waals surface area contributed by atoms with Crippen LogP contribution in [0.25, 0.3) is 0 Å². The Morgan fingerprint density at radius 1 is 1.41 bits per heavy atom. The van der Waals surface area contributed by atoms with Crippen LogP contribution in [0.1, 0.15) is 10.4 Å². The minimum Gasteiger partial charge on any atom is -0.292 e. The standard InChI is InChI=1S/C10H8N4O3/c15-10(8-1-3-11-4-2-8)7-13-6-9(5-12-13)14(16)17/h1-6H,7H2. The Hall–Kier alpha value is -2.57. The van der Waals surface area contributed by atoms with Gasteiger partial charge >= 0.3 is 5.69 Å². The van der Waals surface area contributed by atoms with Crippen LogP contribution in [0, 0.1) is 10.1 Å². The normalized spacial score (nSPS) is 10.1. The first kappa shape index (κ1) is 10.9. The summed E-state index contributed by atoms with van der Waals surface area (Å²) in [7, 11) is 0. The Kier molecular flexibility index (Phi) is 2.91. The Labute approximate surface area is 95.9 Å². The summed E-state index contributed by atoms with van der Waals surface area (Å²) in [6.07, 6.45) is 5.36. The molecule has 2 aromatic heterocycles. The van der Waals surface area contributed by atoms with Gasteiger partial charge in [-0.05, 0) is 12.1 Å². The average Bonchev–Trinajstić information content (AvgIpc) is 2.79. The van der Waals surface area contributed by atoms with E-state index < -0.39 is 4.92 Å². The monoisotopic (exact) mass is 232 g/mol. The van der Waals surface area contributed by atoms with Crippen molar-refractivity contribution in [3.8, 4) is 0 Å². The van der Waals surface area contributed by atoms with Crippen LogP contribution in [-0.2, 0) is 6.54 Å². The lowest BCUT2D eigenvalue weighted by atomic mass is 10.2. The summed E-state index contributed by atoms with van der Waals surface area (Å²) in [5.74, 6) is -0.176. The van der Waals surface area contributed by atoms with E-state index >= 15 is 0 Å². The topological polar surface area (TPSA) is 90.9 Å². The molecule has 0 N–H and O–H groups in total. The molecule has 0 saturated carbocycles. The van der Waals surface area contributed by atoms with E-state index in [2.05, 4.69) is 10.1 Å². The largest absolute Gasteiger partial charge is 0.307 e. The third-order valence-corrected chi connectivity index (χ3v) is 2.14. The molecule has 0 bridgehead atoms. The summed E-state index contributed by atoms with van der Waals surface area (Å²) in [6.45, 7) is -0.0299. The van der Waals surface area contributed by atoms with Crippen LogP contribution < -0.4 is 0 Å². The zero-order valence-electron chi connectivity index (χ0n) is 8.68. The van der Waals surface area contributed by atoms with Gasteiger partial charge in [-0.3, -0.25) is 24.6 Å². The lowest BCUT2D eigenvalue weighted by Gasteiger charge is -1.99. The molecule has 2 heterocycles. The van der Waals surface area contributed by atoms with Crippen LogP contribution in [0.2, 0.25) is 0 Å². The number of rotatable bonds is 4. The van der Waals surface area contributed by atoms with Crippen LogP contribution >= 0.6 is 0 Å². The molecule has 0 aliphatic rings.